The first kappa shape index (κ1) is 22.0. The van der Waals surface area contributed by atoms with E-state index in [1.54, 1.807) is 29.8 Å². The molecular formula is C18H20ClF3N4OS. The van der Waals surface area contributed by atoms with Crippen molar-refractivity contribution in [3.63, 3.8) is 0 Å². The molecule has 0 amide bonds. The van der Waals surface area contributed by atoms with Crippen LogP contribution in [0.2, 0.25) is 5.02 Å². The fraction of sp³-hybridized carbons (Fsp3) is 0.278. The monoisotopic (exact) mass is 432 g/mol. The summed E-state index contributed by atoms with van der Waals surface area (Å²) < 4.78 is 44.7. The Balaban J connectivity index is 2.32. The molecule has 10 heteroatoms. The topological polar surface area (TPSA) is 74.4 Å². The van der Waals surface area contributed by atoms with Crippen LogP contribution in [0, 0.1) is 5.41 Å². The zero-order chi connectivity index (χ0) is 20.9. The summed E-state index contributed by atoms with van der Waals surface area (Å²) in [5, 5.41) is 11.0. The summed E-state index contributed by atoms with van der Waals surface area (Å²) in [5.74, 6) is 0.650. The second kappa shape index (κ2) is 9.29. The number of methoxy groups -OCH3 is 1. The molecule has 5 nitrogen and oxygen atoms in total. The second-order valence-corrected chi connectivity index (χ2v) is 6.98. The summed E-state index contributed by atoms with van der Waals surface area (Å²) in [5.41, 5.74) is 6.94. The average molecular weight is 433 g/mol. The molecule has 0 aliphatic carbocycles. The number of anilines is 2. The van der Waals surface area contributed by atoms with Gasteiger partial charge < -0.3 is 15.8 Å². The summed E-state index contributed by atoms with van der Waals surface area (Å²) in [7, 11) is 1.57. The number of ether oxygens (including phenoxy) is 1. The van der Waals surface area contributed by atoms with Crippen LogP contribution in [0.5, 0.6) is 5.75 Å². The number of nitrogens with zero attached hydrogens (tertiary/aromatic N) is 1. The molecule has 0 fully saturated rings. The Hall–Kier alpha value is -2.26. The molecule has 2 rings (SSSR count). The number of halogens is 4. The molecule has 2 aromatic carbocycles. The third-order valence-corrected chi connectivity index (χ3v) is 4.91. The number of nitrogens with one attached hydrogen (secondary N) is 2. The highest BCUT2D eigenvalue weighted by Crippen LogP contribution is 2.34. The molecule has 0 spiro atoms. The van der Waals surface area contributed by atoms with E-state index >= 15 is 0 Å². The van der Waals surface area contributed by atoms with Crippen LogP contribution in [-0.4, -0.2) is 36.2 Å². The van der Waals surface area contributed by atoms with Gasteiger partial charge in [-0.15, -0.1) is 0 Å². The lowest BCUT2D eigenvalue weighted by atomic mass is 10.1. The maximum absolute atomic E-state index is 12.7. The van der Waals surface area contributed by atoms with Crippen LogP contribution < -0.4 is 15.8 Å². The Morgan fingerprint density at radius 1 is 1.25 bits per heavy atom. The van der Waals surface area contributed by atoms with Crippen LogP contribution in [0.1, 0.15) is 11.1 Å². The first-order valence-electron chi connectivity index (χ1n) is 8.08. The van der Waals surface area contributed by atoms with E-state index in [0.29, 0.717) is 12.3 Å². The van der Waals surface area contributed by atoms with Crippen molar-refractivity contribution >= 4 is 40.8 Å². The van der Waals surface area contributed by atoms with Crippen LogP contribution in [0.15, 0.2) is 36.4 Å². The molecule has 0 heterocycles. The van der Waals surface area contributed by atoms with Crippen LogP contribution in [0.3, 0.4) is 0 Å². The van der Waals surface area contributed by atoms with Crippen molar-refractivity contribution in [2.45, 2.75) is 12.7 Å². The van der Waals surface area contributed by atoms with Crippen LogP contribution in [0.25, 0.3) is 0 Å². The third kappa shape index (κ3) is 5.62. The molecule has 0 atom stereocenters. The van der Waals surface area contributed by atoms with Gasteiger partial charge in [0.15, 0.2) is 0 Å². The number of benzene rings is 2. The molecule has 0 radical (unpaired) electrons. The molecule has 0 unspecified atom stereocenters. The molecule has 0 aliphatic rings. The van der Waals surface area contributed by atoms with Crippen LogP contribution >= 0.6 is 23.5 Å². The maximum atomic E-state index is 12.7. The van der Waals surface area contributed by atoms with Crippen LogP contribution in [0.4, 0.5) is 24.5 Å². The SMILES string of the molecule is COc1ccc(CN(SC)C(=N)c2c(Cl)ccc(N)c2NCC(F)(F)F)cc1. The molecule has 28 heavy (non-hydrogen) atoms. The minimum atomic E-state index is -4.43. The first-order chi connectivity index (χ1) is 13.2. The lowest BCUT2D eigenvalue weighted by Gasteiger charge is -2.25. The van der Waals surface area contributed by atoms with E-state index in [0.717, 1.165) is 5.56 Å². The fourth-order valence-electron chi connectivity index (χ4n) is 2.46. The van der Waals surface area contributed by atoms with E-state index in [1.165, 1.54) is 24.1 Å². The number of hydrogen-bond donors (Lipinski definition) is 3. The van der Waals surface area contributed by atoms with Crippen molar-refractivity contribution in [2.24, 2.45) is 0 Å². The number of alkyl halides is 3. The van der Waals surface area contributed by atoms with Crippen LogP contribution in [-0.2, 0) is 6.54 Å². The molecule has 0 aromatic heterocycles. The molecule has 2 aromatic rings. The van der Waals surface area contributed by atoms with Gasteiger partial charge in [-0.3, -0.25) is 9.71 Å². The van der Waals surface area contributed by atoms with E-state index in [1.807, 2.05) is 12.1 Å². The van der Waals surface area contributed by atoms with E-state index < -0.39 is 12.7 Å². The smallest absolute Gasteiger partial charge is 0.405 e. The zero-order valence-electron chi connectivity index (χ0n) is 15.2. The quantitative estimate of drug-likeness (QED) is 0.248. The Labute approximate surface area is 170 Å². The van der Waals surface area contributed by atoms with Gasteiger partial charge in [-0.05, 0) is 29.8 Å². The second-order valence-electron chi connectivity index (χ2n) is 5.77. The summed E-state index contributed by atoms with van der Waals surface area (Å²) in [6.45, 7) is -0.941. The molecular weight excluding hydrogens is 413 g/mol. The Morgan fingerprint density at radius 3 is 2.43 bits per heavy atom. The fourth-order valence-corrected chi connectivity index (χ4v) is 3.26. The summed E-state index contributed by atoms with van der Waals surface area (Å²) in [6.07, 6.45) is -2.67. The molecule has 4 N–H and O–H groups in total. The van der Waals surface area contributed by atoms with Gasteiger partial charge in [0, 0.05) is 6.26 Å². The standard InChI is InChI=1S/C18H20ClF3N4OS/c1-27-12-5-3-11(4-6-12)9-26(28-2)17(24)15-13(19)7-8-14(23)16(15)25-10-18(20,21)22/h3-8,24-25H,9-10,23H2,1-2H3. The van der Waals surface area contributed by atoms with Crippen molar-refractivity contribution in [3.8, 4) is 5.75 Å². The predicted octanol–water partition coefficient (Wildman–Crippen LogP) is 5.01. The summed E-state index contributed by atoms with van der Waals surface area (Å²) in [4.78, 5) is 0. The number of amidine groups is 1. The predicted molar refractivity (Wildman–Crippen MR) is 109 cm³/mol. The van der Waals surface area contributed by atoms with Gasteiger partial charge in [-0.2, -0.15) is 13.2 Å². The van der Waals surface area contributed by atoms with E-state index in [-0.39, 0.29) is 27.8 Å². The average Bonchev–Trinajstić information content (AvgIpc) is 2.65. The van der Waals surface area contributed by atoms with Crippen molar-refractivity contribution in [2.75, 3.05) is 31.0 Å². The highest BCUT2D eigenvalue weighted by molar-refractivity contribution is 7.96. The summed E-state index contributed by atoms with van der Waals surface area (Å²) in [6, 6.07) is 10.1. The normalized spacial score (nSPS) is 11.2. The lowest BCUT2D eigenvalue weighted by Crippen LogP contribution is -2.27. The largest absolute Gasteiger partial charge is 0.497 e. The van der Waals surface area contributed by atoms with Gasteiger partial charge in [-0.25, -0.2) is 0 Å². The van der Waals surface area contributed by atoms with Crippen molar-refractivity contribution in [1.82, 2.24) is 4.31 Å². The van der Waals surface area contributed by atoms with E-state index in [2.05, 4.69) is 5.32 Å². The molecule has 0 saturated carbocycles. The van der Waals surface area contributed by atoms with Gasteiger partial charge in [0.2, 0.25) is 0 Å². The van der Waals surface area contributed by atoms with Gasteiger partial charge >= 0.3 is 6.18 Å². The molecule has 0 aliphatic heterocycles. The minimum Gasteiger partial charge on any atom is -0.497 e. The number of nitrogen functional groups attached to an aromatic ring is 1. The lowest BCUT2D eigenvalue weighted by molar-refractivity contribution is -0.115. The van der Waals surface area contributed by atoms with Gasteiger partial charge in [0.25, 0.3) is 0 Å². The van der Waals surface area contributed by atoms with Crippen molar-refractivity contribution < 1.29 is 17.9 Å². The Bertz CT molecular complexity index is 831. The van der Waals surface area contributed by atoms with E-state index in [9.17, 15) is 13.2 Å². The number of nitrogens with two attached hydrogens (primary N) is 1. The Kier molecular flexibility index (Phi) is 7.31. The van der Waals surface area contributed by atoms with Crippen molar-refractivity contribution in [1.29, 1.82) is 5.41 Å². The highest BCUT2D eigenvalue weighted by Gasteiger charge is 2.29. The van der Waals surface area contributed by atoms with Gasteiger partial charge in [0.1, 0.15) is 18.1 Å². The zero-order valence-corrected chi connectivity index (χ0v) is 16.8. The molecule has 152 valence electrons. The molecule has 0 saturated heterocycles. The summed E-state index contributed by atoms with van der Waals surface area (Å²) >= 11 is 7.47. The van der Waals surface area contributed by atoms with Crippen molar-refractivity contribution in [3.05, 3.63) is 52.5 Å². The molecule has 0 bridgehead atoms. The van der Waals surface area contributed by atoms with Gasteiger partial charge in [-0.1, -0.05) is 35.7 Å². The maximum Gasteiger partial charge on any atom is 0.405 e. The first-order valence-corrected chi connectivity index (χ1v) is 9.64. The highest BCUT2D eigenvalue weighted by atomic mass is 35.5. The number of hydrogen-bond acceptors (Lipinski definition) is 5. The number of rotatable bonds is 7. The Morgan fingerprint density at radius 2 is 1.89 bits per heavy atom. The van der Waals surface area contributed by atoms with E-state index in [4.69, 9.17) is 27.5 Å². The van der Waals surface area contributed by atoms with Gasteiger partial charge in [0.05, 0.1) is 35.6 Å². The third-order valence-electron chi connectivity index (χ3n) is 3.84. The minimum absolute atomic E-state index is 0.0106.